The van der Waals surface area contributed by atoms with Gasteiger partial charge in [0.25, 0.3) is 0 Å². The zero-order valence-corrected chi connectivity index (χ0v) is 6.08. The quantitative estimate of drug-likeness (QED) is 0.290. The minimum absolute atomic E-state index is 0. The third kappa shape index (κ3) is 144. The van der Waals surface area contributed by atoms with E-state index in [1.165, 1.54) is 0 Å². The van der Waals surface area contributed by atoms with Gasteiger partial charge in [0.15, 0.2) is 0 Å². The van der Waals surface area contributed by atoms with E-state index in [0.29, 0.717) is 0 Å². The first-order valence-corrected chi connectivity index (χ1v) is 2.19. The Bertz CT molecular complexity index is 57.8. The smallest absolute Gasteiger partial charge is 0.822 e. The molecule has 7 heavy (non-hydrogen) atoms. The predicted octanol–water partition coefficient (Wildman–Crippen LogP) is -3.21. The zero-order valence-electron chi connectivity index (χ0n) is 2.99. The van der Waals surface area contributed by atoms with E-state index in [2.05, 4.69) is 0 Å². The van der Waals surface area contributed by atoms with Crippen molar-refractivity contribution in [2.75, 3.05) is 0 Å². The van der Waals surface area contributed by atoms with E-state index >= 15 is 0 Å². The molecule has 0 aliphatic rings. The van der Waals surface area contributed by atoms with Crippen LogP contribution in [0.15, 0.2) is 0 Å². The van der Waals surface area contributed by atoms with Crippen molar-refractivity contribution < 1.29 is 36.0 Å². The molecule has 0 spiro atoms. The molecule has 0 aromatic rings. The molecule has 0 aliphatic carbocycles. The Hall–Kier alpha value is 1.15. The largest absolute Gasteiger partial charge is 3.00 e. The Morgan fingerprint density at radius 2 is 1.14 bits per heavy atom. The number of hydrogen-bond acceptors (Lipinski definition) is 4. The van der Waals surface area contributed by atoms with E-state index in [-0.39, 0.29) is 34.1 Å². The summed E-state index contributed by atoms with van der Waals surface area (Å²) in [4.78, 5) is 25.6. The van der Waals surface area contributed by atoms with Crippen molar-refractivity contribution in [1.29, 1.82) is 0 Å². The van der Waals surface area contributed by atoms with Gasteiger partial charge in [-0.15, -0.1) is 0 Å². The molecule has 1 radical (unpaired) electrons. The summed E-state index contributed by atoms with van der Waals surface area (Å²) in [6.45, 7) is 0. The first-order valence-electron chi connectivity index (χ1n) is 0.730. The normalized spacial score (nSPS) is 8.43. The van der Waals surface area contributed by atoms with E-state index in [0.717, 1.165) is 0 Å². The Morgan fingerprint density at radius 3 is 1.14 bits per heavy atom. The van der Waals surface area contributed by atoms with E-state index in [4.69, 9.17) is 19.2 Å². The Morgan fingerprint density at radius 1 is 1.14 bits per heavy atom. The predicted molar refractivity (Wildman–Crippen MR) is 13.4 cm³/mol. The van der Waals surface area contributed by atoms with Crippen molar-refractivity contribution in [3.63, 3.8) is 0 Å². The molecule has 0 bridgehead atoms. The third-order valence-corrected chi connectivity index (χ3v) is 0. The Kier molecular flexibility index (Phi) is 11.9. The summed E-state index contributed by atoms with van der Waals surface area (Å²) < 4.78 is 8.55. The molecule has 0 aliphatic heterocycles. The fourth-order valence-corrected chi connectivity index (χ4v) is 0. The summed E-state index contributed by atoms with van der Waals surface area (Å²) in [6.07, 6.45) is 0. The SMILES string of the molecule is O=P([O-])([O-])[O-].[Al+3].[Co]. The summed E-state index contributed by atoms with van der Waals surface area (Å²) in [5, 5.41) is 0. The molecule has 0 aromatic heterocycles. The first-order chi connectivity index (χ1) is 2.00. The van der Waals surface area contributed by atoms with E-state index in [1.54, 1.807) is 0 Å². The van der Waals surface area contributed by atoms with Crippen LogP contribution < -0.4 is 14.7 Å². The fourth-order valence-electron chi connectivity index (χ4n) is 0. The van der Waals surface area contributed by atoms with Crippen LogP contribution >= 0.6 is 7.82 Å². The zero-order chi connectivity index (χ0) is 4.50. The van der Waals surface area contributed by atoms with Gasteiger partial charge in [-0.2, -0.15) is 7.82 Å². The summed E-state index contributed by atoms with van der Waals surface area (Å²) >= 11 is 0. The maximum Gasteiger partial charge on any atom is 3.00 e. The van der Waals surface area contributed by atoms with Gasteiger partial charge in [0.1, 0.15) is 0 Å². The van der Waals surface area contributed by atoms with E-state index in [1.807, 2.05) is 0 Å². The van der Waals surface area contributed by atoms with Gasteiger partial charge in [0, 0.05) is 16.8 Å². The maximum atomic E-state index is 8.55. The monoisotopic (exact) mass is 181 g/mol. The summed E-state index contributed by atoms with van der Waals surface area (Å²) in [6, 6.07) is 0. The van der Waals surface area contributed by atoms with Crippen LogP contribution in [0.4, 0.5) is 0 Å². The fraction of sp³-hybridized carbons (Fsp3) is 0. The van der Waals surface area contributed by atoms with Gasteiger partial charge < -0.3 is 19.2 Å². The van der Waals surface area contributed by atoms with Crippen LogP contribution in [0.1, 0.15) is 0 Å². The summed E-state index contributed by atoms with van der Waals surface area (Å²) in [7, 11) is -5.39. The van der Waals surface area contributed by atoms with Crippen LogP contribution in [0.25, 0.3) is 0 Å². The summed E-state index contributed by atoms with van der Waals surface area (Å²) in [5.41, 5.74) is 0. The van der Waals surface area contributed by atoms with Gasteiger partial charge >= 0.3 is 17.4 Å². The van der Waals surface area contributed by atoms with E-state index < -0.39 is 7.82 Å². The molecule has 0 unspecified atom stereocenters. The molecule has 41 valence electrons. The van der Waals surface area contributed by atoms with Gasteiger partial charge in [-0.05, 0) is 0 Å². The molecule has 0 N–H and O–H groups in total. The molecule has 0 aromatic carbocycles. The van der Waals surface area contributed by atoms with Crippen molar-refractivity contribution >= 4 is 25.2 Å². The van der Waals surface area contributed by atoms with Crippen molar-refractivity contribution in [3.8, 4) is 0 Å². The molecule has 7 heteroatoms. The van der Waals surface area contributed by atoms with Gasteiger partial charge in [0.2, 0.25) is 0 Å². The molecule has 0 fully saturated rings. The number of phosphoric acid groups is 1. The number of hydrogen-bond donors (Lipinski definition) is 0. The molecular weight excluding hydrogens is 181 g/mol. The molecule has 0 rings (SSSR count). The average Bonchev–Trinajstić information content (AvgIpc) is 0.722. The molecular formula is AlCoO4P. The minimum Gasteiger partial charge on any atom is -0.822 e. The molecule has 0 amide bonds. The van der Waals surface area contributed by atoms with Crippen LogP contribution in [0.5, 0.6) is 0 Å². The van der Waals surface area contributed by atoms with E-state index in [9.17, 15) is 0 Å². The first kappa shape index (κ1) is 15.7. The van der Waals surface area contributed by atoms with Crippen LogP contribution in [-0.4, -0.2) is 17.4 Å². The van der Waals surface area contributed by atoms with Gasteiger partial charge in [-0.1, -0.05) is 0 Å². The summed E-state index contributed by atoms with van der Waals surface area (Å²) in [5.74, 6) is 0. The van der Waals surface area contributed by atoms with Crippen LogP contribution in [0.3, 0.4) is 0 Å². The Labute approximate surface area is 61.5 Å². The van der Waals surface area contributed by atoms with Gasteiger partial charge in [-0.25, -0.2) is 0 Å². The van der Waals surface area contributed by atoms with Gasteiger partial charge in [-0.3, -0.25) is 0 Å². The third-order valence-electron chi connectivity index (χ3n) is 0. The Balaban J connectivity index is -0.0000000800. The maximum absolute atomic E-state index is 8.55. The van der Waals surface area contributed by atoms with Crippen LogP contribution in [-0.2, 0) is 21.3 Å². The van der Waals surface area contributed by atoms with Crippen molar-refractivity contribution in [2.24, 2.45) is 0 Å². The number of rotatable bonds is 0. The second kappa shape index (κ2) is 5.29. The molecule has 0 saturated carbocycles. The van der Waals surface area contributed by atoms with Crippen LogP contribution in [0.2, 0.25) is 0 Å². The van der Waals surface area contributed by atoms with Crippen molar-refractivity contribution in [1.82, 2.24) is 0 Å². The minimum atomic E-state index is -5.39. The van der Waals surface area contributed by atoms with Gasteiger partial charge in [0.05, 0.1) is 0 Å². The second-order valence-electron chi connectivity index (χ2n) is 0.447. The molecule has 0 saturated heterocycles. The van der Waals surface area contributed by atoms with Crippen molar-refractivity contribution in [3.05, 3.63) is 0 Å². The second-order valence-corrected chi connectivity index (χ2v) is 1.34. The van der Waals surface area contributed by atoms with Crippen molar-refractivity contribution in [2.45, 2.75) is 0 Å². The topological polar surface area (TPSA) is 86.2 Å². The average molecular weight is 181 g/mol. The molecule has 0 heterocycles. The standard InChI is InChI=1S/Al.Co.H3O4P/c;;1-5(2,3)4/h;;(H3,1,2,3,4)/q+3;;/p-3. The molecule has 4 nitrogen and oxygen atoms in total. The van der Waals surface area contributed by atoms with Crippen LogP contribution in [0, 0.1) is 0 Å². The molecule has 0 atom stereocenters.